The average molecular weight is 290 g/mol. The Balaban J connectivity index is 2.12. The van der Waals surface area contributed by atoms with E-state index in [1.54, 1.807) is 12.1 Å². The Hall–Kier alpha value is -2.07. The number of ether oxygens (including phenoxy) is 1. The van der Waals surface area contributed by atoms with Crippen molar-refractivity contribution in [1.29, 1.82) is 0 Å². The van der Waals surface area contributed by atoms with E-state index in [-0.39, 0.29) is 10.8 Å². The third kappa shape index (κ3) is 3.27. The van der Waals surface area contributed by atoms with Crippen LogP contribution in [-0.2, 0) is 0 Å². The van der Waals surface area contributed by atoms with Gasteiger partial charge >= 0.3 is 5.97 Å². The fourth-order valence-corrected chi connectivity index (χ4v) is 1.74. The molecule has 0 amide bonds. The van der Waals surface area contributed by atoms with E-state index >= 15 is 0 Å². The van der Waals surface area contributed by atoms with Crippen molar-refractivity contribution in [3.8, 4) is 5.75 Å². The largest absolute Gasteiger partial charge is 0.421 e. The first-order chi connectivity index (χ1) is 9.61. The quantitative estimate of drug-likeness (QED) is 0.811. The summed E-state index contributed by atoms with van der Waals surface area (Å²) in [7, 11) is 1.99. The standard InChI is InChI=1S/C15H14ClN2O2/c1-3-18(2)12-6-4-11(5-7-12)15(19)20-14-8-9-17-10-13(14)16/h4-8,10H,3H2,1-2H3. The van der Waals surface area contributed by atoms with Crippen LogP contribution >= 0.6 is 11.6 Å². The lowest BCUT2D eigenvalue weighted by molar-refractivity contribution is 0.0734. The molecule has 103 valence electrons. The van der Waals surface area contributed by atoms with Crippen LogP contribution in [-0.4, -0.2) is 24.5 Å². The molecule has 5 heteroatoms. The number of rotatable bonds is 4. The molecule has 1 radical (unpaired) electrons. The summed E-state index contributed by atoms with van der Waals surface area (Å²) >= 11 is 5.87. The van der Waals surface area contributed by atoms with E-state index in [9.17, 15) is 4.79 Å². The molecule has 0 aliphatic carbocycles. The smallest absolute Gasteiger partial charge is 0.343 e. The van der Waals surface area contributed by atoms with Crippen LogP contribution in [0, 0.1) is 6.20 Å². The molecule has 0 aliphatic rings. The second kappa shape index (κ2) is 6.39. The number of hydrogen-bond acceptors (Lipinski definition) is 4. The lowest BCUT2D eigenvalue weighted by Gasteiger charge is -2.16. The number of esters is 1. The Morgan fingerprint density at radius 2 is 2.10 bits per heavy atom. The van der Waals surface area contributed by atoms with Crippen LogP contribution in [0.4, 0.5) is 5.69 Å². The van der Waals surface area contributed by atoms with Gasteiger partial charge in [-0.15, -0.1) is 0 Å². The van der Waals surface area contributed by atoms with Crippen molar-refractivity contribution < 1.29 is 9.53 Å². The summed E-state index contributed by atoms with van der Waals surface area (Å²) in [6.45, 7) is 2.95. The number of carbonyl (C=O) groups excluding carboxylic acids is 1. The SMILES string of the molecule is CCN(C)c1ccc(C(=O)Oc2c[c]ncc2Cl)cc1. The predicted octanol–water partition coefficient (Wildman–Crippen LogP) is 3.21. The van der Waals surface area contributed by atoms with Gasteiger partial charge in [0.05, 0.1) is 18.0 Å². The second-order valence-electron chi connectivity index (χ2n) is 4.19. The molecule has 0 saturated carbocycles. The highest BCUT2D eigenvalue weighted by Crippen LogP contribution is 2.23. The van der Waals surface area contributed by atoms with Gasteiger partial charge in [0.1, 0.15) is 5.02 Å². The van der Waals surface area contributed by atoms with Gasteiger partial charge in [-0.1, -0.05) is 11.6 Å². The summed E-state index contributed by atoms with van der Waals surface area (Å²) in [5.41, 5.74) is 1.51. The first kappa shape index (κ1) is 14.3. The lowest BCUT2D eigenvalue weighted by Crippen LogP contribution is -2.16. The Morgan fingerprint density at radius 1 is 1.40 bits per heavy atom. The third-order valence-electron chi connectivity index (χ3n) is 2.90. The first-order valence-electron chi connectivity index (χ1n) is 6.16. The fraction of sp³-hybridized carbons (Fsp3) is 0.200. The van der Waals surface area contributed by atoms with Crippen molar-refractivity contribution in [3.63, 3.8) is 0 Å². The molecule has 1 aromatic heterocycles. The van der Waals surface area contributed by atoms with E-state index in [2.05, 4.69) is 23.0 Å². The molecule has 0 atom stereocenters. The molecule has 0 spiro atoms. The van der Waals surface area contributed by atoms with Gasteiger partial charge in [0, 0.05) is 25.3 Å². The Bertz CT molecular complexity index is 599. The maximum absolute atomic E-state index is 12.0. The van der Waals surface area contributed by atoms with Crippen molar-refractivity contribution in [3.05, 3.63) is 53.3 Å². The van der Waals surface area contributed by atoms with Crippen LogP contribution in [0.1, 0.15) is 17.3 Å². The molecule has 1 aromatic carbocycles. The average Bonchev–Trinajstić information content (AvgIpc) is 2.49. The normalized spacial score (nSPS) is 10.2. The van der Waals surface area contributed by atoms with E-state index in [1.165, 1.54) is 12.3 Å². The van der Waals surface area contributed by atoms with Crippen molar-refractivity contribution in [1.82, 2.24) is 4.98 Å². The second-order valence-corrected chi connectivity index (χ2v) is 4.60. The zero-order chi connectivity index (χ0) is 14.5. The minimum atomic E-state index is -0.461. The first-order valence-corrected chi connectivity index (χ1v) is 6.54. The zero-order valence-electron chi connectivity index (χ0n) is 11.3. The highest BCUT2D eigenvalue weighted by molar-refractivity contribution is 6.32. The summed E-state index contributed by atoms with van der Waals surface area (Å²) in [5, 5.41) is 0.277. The van der Waals surface area contributed by atoms with Crippen LogP contribution in [0.2, 0.25) is 5.02 Å². The van der Waals surface area contributed by atoms with Gasteiger partial charge < -0.3 is 9.64 Å². The van der Waals surface area contributed by atoms with E-state index < -0.39 is 5.97 Å². The summed E-state index contributed by atoms with van der Waals surface area (Å²) in [4.78, 5) is 17.8. The van der Waals surface area contributed by atoms with Gasteiger partial charge in [0.2, 0.25) is 0 Å². The van der Waals surface area contributed by atoms with Gasteiger partial charge in [-0.05, 0) is 31.2 Å². The number of anilines is 1. The molecule has 0 unspecified atom stereocenters. The Labute approximate surface area is 123 Å². The van der Waals surface area contributed by atoms with Crippen molar-refractivity contribution in [2.75, 3.05) is 18.5 Å². The lowest BCUT2D eigenvalue weighted by atomic mass is 10.2. The molecule has 20 heavy (non-hydrogen) atoms. The minimum Gasteiger partial charge on any atom is -0.421 e. The molecular formula is C15H14ClN2O2. The van der Waals surface area contributed by atoms with Gasteiger partial charge in [0.25, 0.3) is 0 Å². The van der Waals surface area contributed by atoms with Crippen molar-refractivity contribution in [2.45, 2.75) is 6.92 Å². The highest BCUT2D eigenvalue weighted by Gasteiger charge is 2.11. The number of hydrogen-bond donors (Lipinski definition) is 0. The molecule has 2 aromatic rings. The molecule has 4 nitrogen and oxygen atoms in total. The van der Waals surface area contributed by atoms with E-state index in [0.29, 0.717) is 5.56 Å². The van der Waals surface area contributed by atoms with Gasteiger partial charge in [-0.3, -0.25) is 4.98 Å². The van der Waals surface area contributed by atoms with Crippen molar-refractivity contribution in [2.24, 2.45) is 0 Å². The number of nitrogens with zero attached hydrogens (tertiary/aromatic N) is 2. The molecule has 1 heterocycles. The number of pyridine rings is 1. The van der Waals surface area contributed by atoms with Crippen LogP contribution in [0.3, 0.4) is 0 Å². The maximum Gasteiger partial charge on any atom is 0.343 e. The van der Waals surface area contributed by atoms with Crippen LogP contribution in [0.25, 0.3) is 0 Å². The van der Waals surface area contributed by atoms with Crippen LogP contribution < -0.4 is 9.64 Å². The van der Waals surface area contributed by atoms with Gasteiger partial charge in [-0.2, -0.15) is 0 Å². The number of carbonyl (C=O) groups is 1. The molecule has 0 fully saturated rings. The van der Waals surface area contributed by atoms with Crippen LogP contribution in [0.15, 0.2) is 36.5 Å². The van der Waals surface area contributed by atoms with E-state index in [0.717, 1.165) is 12.2 Å². The summed E-state index contributed by atoms with van der Waals surface area (Å²) in [6.07, 6.45) is 3.95. The van der Waals surface area contributed by atoms with Gasteiger partial charge in [-0.25, -0.2) is 4.79 Å². The highest BCUT2D eigenvalue weighted by atomic mass is 35.5. The minimum absolute atomic E-state index is 0.251. The predicted molar refractivity (Wildman–Crippen MR) is 78.4 cm³/mol. The number of benzene rings is 1. The molecule has 0 N–H and O–H groups in total. The molecule has 2 rings (SSSR count). The number of halogens is 1. The Kier molecular flexibility index (Phi) is 4.58. The molecule has 0 bridgehead atoms. The summed E-state index contributed by atoms with van der Waals surface area (Å²) in [5.74, 6) is -0.210. The van der Waals surface area contributed by atoms with Crippen molar-refractivity contribution >= 4 is 23.3 Å². The zero-order valence-corrected chi connectivity index (χ0v) is 12.0. The fourth-order valence-electron chi connectivity index (χ4n) is 1.59. The third-order valence-corrected chi connectivity index (χ3v) is 3.19. The summed E-state index contributed by atoms with van der Waals surface area (Å²) in [6, 6.07) is 8.63. The summed E-state index contributed by atoms with van der Waals surface area (Å²) < 4.78 is 5.20. The number of aromatic nitrogens is 1. The van der Waals surface area contributed by atoms with Gasteiger partial charge in [0.15, 0.2) is 5.75 Å². The molecule has 0 aliphatic heterocycles. The van der Waals surface area contributed by atoms with E-state index in [4.69, 9.17) is 16.3 Å². The Morgan fingerprint density at radius 3 is 2.70 bits per heavy atom. The van der Waals surface area contributed by atoms with E-state index in [1.807, 2.05) is 19.2 Å². The van der Waals surface area contributed by atoms with Crippen LogP contribution in [0.5, 0.6) is 5.75 Å². The monoisotopic (exact) mass is 289 g/mol. The molecular weight excluding hydrogens is 276 g/mol. The maximum atomic E-state index is 12.0. The molecule has 0 saturated heterocycles. The topological polar surface area (TPSA) is 42.4 Å².